The van der Waals surface area contributed by atoms with Crippen molar-refractivity contribution >= 4 is 23.0 Å². The number of aryl methyl sites for hydroxylation is 2. The van der Waals surface area contributed by atoms with Crippen LogP contribution in [-0.2, 0) is 13.0 Å². The minimum Gasteiger partial charge on any atom is -0.370 e. The van der Waals surface area contributed by atoms with Crippen LogP contribution in [-0.4, -0.2) is 21.5 Å². The van der Waals surface area contributed by atoms with Gasteiger partial charge in [0.25, 0.3) is 0 Å². The zero-order chi connectivity index (χ0) is 15.2. The Hall–Kier alpha value is -1.69. The maximum atomic E-state index is 4.65. The van der Waals surface area contributed by atoms with Crippen molar-refractivity contribution in [1.29, 1.82) is 0 Å². The number of hydrogen-bond acceptors (Lipinski definition) is 6. The molecule has 0 aliphatic carbocycles. The van der Waals surface area contributed by atoms with Crippen LogP contribution in [0.1, 0.15) is 41.5 Å². The maximum Gasteiger partial charge on any atom is 0.135 e. The Kier molecular flexibility index (Phi) is 5.50. The number of nitrogens with zero attached hydrogens (tertiary/aromatic N) is 3. The Labute approximate surface area is 130 Å². The quantitative estimate of drug-likeness (QED) is 0.819. The molecule has 2 aromatic rings. The van der Waals surface area contributed by atoms with Crippen LogP contribution < -0.4 is 10.6 Å². The molecule has 2 aromatic heterocycles. The molecule has 0 aliphatic rings. The number of aromatic nitrogens is 3. The molecular weight excluding hydrogens is 282 g/mol. The molecule has 0 spiro atoms. The van der Waals surface area contributed by atoms with Crippen LogP contribution in [0.15, 0.2) is 6.20 Å². The van der Waals surface area contributed by atoms with Crippen molar-refractivity contribution in [1.82, 2.24) is 15.0 Å². The summed E-state index contributed by atoms with van der Waals surface area (Å²) in [7, 11) is 0. The van der Waals surface area contributed by atoms with E-state index in [4.69, 9.17) is 0 Å². The Balaban J connectivity index is 2.19. The first-order chi connectivity index (χ1) is 10.1. The molecule has 0 aromatic carbocycles. The Morgan fingerprint density at radius 1 is 1.10 bits per heavy atom. The third-order valence-corrected chi connectivity index (χ3v) is 4.02. The van der Waals surface area contributed by atoms with Crippen LogP contribution in [0.5, 0.6) is 0 Å². The van der Waals surface area contributed by atoms with E-state index in [0.29, 0.717) is 0 Å². The smallest absolute Gasteiger partial charge is 0.135 e. The van der Waals surface area contributed by atoms with E-state index in [2.05, 4.69) is 39.4 Å². The molecule has 6 heteroatoms. The minimum atomic E-state index is 0.750. The van der Waals surface area contributed by atoms with E-state index in [1.54, 1.807) is 11.3 Å². The molecule has 0 bridgehead atoms. The van der Waals surface area contributed by atoms with Crippen LogP contribution >= 0.6 is 11.3 Å². The van der Waals surface area contributed by atoms with Gasteiger partial charge in [-0.05, 0) is 27.2 Å². The third-order valence-electron chi connectivity index (χ3n) is 3.11. The second-order valence-corrected chi connectivity index (χ2v) is 6.26. The summed E-state index contributed by atoms with van der Waals surface area (Å²) in [6.07, 6.45) is 3.86. The van der Waals surface area contributed by atoms with Crippen molar-refractivity contribution in [3.05, 3.63) is 27.5 Å². The molecule has 0 saturated heterocycles. The van der Waals surface area contributed by atoms with Gasteiger partial charge in [0.15, 0.2) is 0 Å². The lowest BCUT2D eigenvalue weighted by atomic mass is 10.2. The normalized spacial score (nSPS) is 10.7. The second-order valence-electron chi connectivity index (χ2n) is 4.94. The van der Waals surface area contributed by atoms with E-state index in [-0.39, 0.29) is 0 Å². The first-order valence-corrected chi connectivity index (χ1v) is 8.22. The average molecular weight is 305 g/mol. The van der Waals surface area contributed by atoms with Crippen molar-refractivity contribution in [3.8, 4) is 0 Å². The molecule has 5 nitrogen and oxygen atoms in total. The van der Waals surface area contributed by atoms with E-state index < -0.39 is 0 Å². The summed E-state index contributed by atoms with van der Waals surface area (Å²) in [5.41, 5.74) is 1.07. The lowest BCUT2D eigenvalue weighted by Gasteiger charge is -2.14. The van der Waals surface area contributed by atoms with Gasteiger partial charge in [-0.1, -0.05) is 6.92 Å². The number of anilines is 2. The zero-order valence-electron chi connectivity index (χ0n) is 13.2. The summed E-state index contributed by atoms with van der Waals surface area (Å²) in [5, 5.41) is 7.83. The third kappa shape index (κ3) is 4.14. The molecular formula is C15H23N5S. The first-order valence-electron chi connectivity index (χ1n) is 7.40. The summed E-state index contributed by atoms with van der Waals surface area (Å²) in [5.74, 6) is 2.73. The topological polar surface area (TPSA) is 62.7 Å². The highest BCUT2D eigenvalue weighted by Gasteiger charge is 2.10. The van der Waals surface area contributed by atoms with Crippen LogP contribution in [0.3, 0.4) is 0 Å². The van der Waals surface area contributed by atoms with Crippen LogP contribution in [0.25, 0.3) is 0 Å². The molecule has 2 rings (SSSR count). The van der Waals surface area contributed by atoms with Crippen molar-refractivity contribution in [2.24, 2.45) is 0 Å². The number of nitrogens with one attached hydrogen (secondary N) is 2. The largest absolute Gasteiger partial charge is 0.370 e. The first kappa shape index (κ1) is 15.7. The predicted octanol–water partition coefficient (Wildman–Crippen LogP) is 3.55. The van der Waals surface area contributed by atoms with Crippen molar-refractivity contribution in [2.45, 2.75) is 47.1 Å². The second kappa shape index (κ2) is 7.36. The van der Waals surface area contributed by atoms with Gasteiger partial charge in [0.2, 0.25) is 0 Å². The Morgan fingerprint density at radius 2 is 1.81 bits per heavy atom. The Bertz CT molecular complexity index is 594. The molecule has 0 radical (unpaired) electrons. The summed E-state index contributed by atoms with van der Waals surface area (Å²) < 4.78 is 0. The molecule has 0 saturated carbocycles. The van der Waals surface area contributed by atoms with Gasteiger partial charge in [-0.15, -0.1) is 11.3 Å². The summed E-state index contributed by atoms with van der Waals surface area (Å²) in [6, 6.07) is 0. The highest BCUT2D eigenvalue weighted by atomic mass is 32.1. The lowest BCUT2D eigenvalue weighted by molar-refractivity contribution is 0.830. The molecule has 21 heavy (non-hydrogen) atoms. The lowest BCUT2D eigenvalue weighted by Crippen LogP contribution is -2.11. The fourth-order valence-corrected chi connectivity index (χ4v) is 2.80. The highest BCUT2D eigenvalue weighted by Crippen LogP contribution is 2.22. The molecule has 114 valence electrons. The van der Waals surface area contributed by atoms with E-state index >= 15 is 0 Å². The zero-order valence-corrected chi connectivity index (χ0v) is 14.0. The molecule has 0 amide bonds. The van der Waals surface area contributed by atoms with Crippen LogP contribution in [0.4, 0.5) is 11.6 Å². The van der Waals surface area contributed by atoms with Crippen molar-refractivity contribution in [2.75, 3.05) is 17.2 Å². The molecule has 2 N–H and O–H groups in total. The molecule has 0 aliphatic heterocycles. The average Bonchev–Trinajstić information content (AvgIpc) is 2.87. The van der Waals surface area contributed by atoms with E-state index in [1.807, 2.05) is 20.0 Å². The molecule has 0 unspecified atom stereocenters. The maximum absolute atomic E-state index is 4.65. The van der Waals surface area contributed by atoms with Crippen molar-refractivity contribution in [3.63, 3.8) is 0 Å². The van der Waals surface area contributed by atoms with Gasteiger partial charge < -0.3 is 10.6 Å². The van der Waals surface area contributed by atoms with Gasteiger partial charge in [-0.2, -0.15) is 0 Å². The van der Waals surface area contributed by atoms with Gasteiger partial charge >= 0.3 is 0 Å². The molecule has 2 heterocycles. The van der Waals surface area contributed by atoms with Gasteiger partial charge in [0, 0.05) is 29.6 Å². The number of thiazole rings is 1. The fraction of sp³-hybridized carbons (Fsp3) is 0.533. The van der Waals surface area contributed by atoms with Gasteiger partial charge in [0.05, 0.1) is 11.6 Å². The molecule has 0 fully saturated rings. The molecule has 0 atom stereocenters. The fourth-order valence-electron chi connectivity index (χ4n) is 2.07. The van der Waals surface area contributed by atoms with Gasteiger partial charge in [-0.25, -0.2) is 15.0 Å². The van der Waals surface area contributed by atoms with Crippen molar-refractivity contribution < 1.29 is 0 Å². The van der Waals surface area contributed by atoms with E-state index in [1.165, 1.54) is 4.88 Å². The number of hydrogen-bond donors (Lipinski definition) is 2. The monoisotopic (exact) mass is 305 g/mol. The predicted molar refractivity (Wildman–Crippen MR) is 89.1 cm³/mol. The minimum absolute atomic E-state index is 0.750. The Morgan fingerprint density at radius 3 is 2.38 bits per heavy atom. The summed E-state index contributed by atoms with van der Waals surface area (Å²) in [6.45, 7) is 9.90. The highest BCUT2D eigenvalue weighted by molar-refractivity contribution is 7.11. The van der Waals surface area contributed by atoms with Gasteiger partial charge in [-0.3, -0.25) is 0 Å². The van der Waals surface area contributed by atoms with E-state index in [0.717, 1.165) is 54.0 Å². The van der Waals surface area contributed by atoms with E-state index in [9.17, 15) is 0 Å². The van der Waals surface area contributed by atoms with Gasteiger partial charge in [0.1, 0.15) is 17.5 Å². The van der Waals surface area contributed by atoms with Crippen LogP contribution in [0.2, 0.25) is 0 Å². The SMILES string of the molecule is CCCc1nc(NCC)c(C)c(NCc2cnc(C)s2)n1. The number of rotatable bonds is 7. The summed E-state index contributed by atoms with van der Waals surface area (Å²) in [4.78, 5) is 14.7. The van der Waals surface area contributed by atoms with Crippen LogP contribution in [0, 0.1) is 13.8 Å². The summed E-state index contributed by atoms with van der Waals surface area (Å²) >= 11 is 1.71. The standard InChI is InChI=1S/C15H23N5S/c1-5-7-13-19-14(16-6-2)10(3)15(20-13)18-9-12-8-17-11(4)21-12/h8H,5-7,9H2,1-4H3,(H2,16,18,19,20).